The molecular weight excluding hydrogens is 136 g/mol. The number of rotatable bonds is 2. The Bertz CT molecular complexity index is 265. The summed E-state index contributed by atoms with van der Waals surface area (Å²) in [5.74, 6) is 3.17. The van der Waals surface area contributed by atoms with E-state index in [1.807, 2.05) is 10.7 Å². The molecule has 0 spiro atoms. The maximum Gasteiger partial charge on any atom is 0.110 e. The minimum absolute atomic E-state index is 0.585. The van der Waals surface area contributed by atoms with E-state index in [-0.39, 0.29) is 0 Å². The summed E-state index contributed by atoms with van der Waals surface area (Å²) < 4.78 is 1.85. The second-order valence-electron chi connectivity index (χ2n) is 2.94. The Morgan fingerprint density at radius 1 is 1.73 bits per heavy atom. The SMILES string of the molecule is C#Cc1ccnn1CC(C)C. The molecule has 0 N–H and O–H groups in total. The Morgan fingerprint density at radius 3 is 3.00 bits per heavy atom. The van der Waals surface area contributed by atoms with Crippen LogP contribution in [0, 0.1) is 18.3 Å². The lowest BCUT2D eigenvalue weighted by Gasteiger charge is -2.05. The highest BCUT2D eigenvalue weighted by molar-refractivity contribution is 5.22. The molecule has 0 saturated carbocycles. The van der Waals surface area contributed by atoms with Gasteiger partial charge in [-0.05, 0) is 12.0 Å². The molecule has 0 aliphatic heterocycles. The molecule has 0 amide bonds. The average molecular weight is 148 g/mol. The molecule has 0 radical (unpaired) electrons. The molecule has 0 fully saturated rings. The molecule has 58 valence electrons. The minimum Gasteiger partial charge on any atom is -0.257 e. The van der Waals surface area contributed by atoms with E-state index < -0.39 is 0 Å². The van der Waals surface area contributed by atoms with Gasteiger partial charge in [-0.15, -0.1) is 6.42 Å². The van der Waals surface area contributed by atoms with Crippen molar-refractivity contribution < 1.29 is 0 Å². The zero-order chi connectivity index (χ0) is 8.27. The summed E-state index contributed by atoms with van der Waals surface area (Å²) in [6.07, 6.45) is 6.99. The van der Waals surface area contributed by atoms with Crippen molar-refractivity contribution in [3.63, 3.8) is 0 Å². The Morgan fingerprint density at radius 2 is 2.45 bits per heavy atom. The van der Waals surface area contributed by atoms with Crippen LogP contribution in [0.15, 0.2) is 12.3 Å². The van der Waals surface area contributed by atoms with E-state index in [1.165, 1.54) is 0 Å². The van der Waals surface area contributed by atoms with E-state index >= 15 is 0 Å². The smallest absolute Gasteiger partial charge is 0.110 e. The van der Waals surface area contributed by atoms with E-state index in [1.54, 1.807) is 6.20 Å². The van der Waals surface area contributed by atoms with Crippen LogP contribution < -0.4 is 0 Å². The van der Waals surface area contributed by atoms with Crippen LogP contribution in [0.25, 0.3) is 0 Å². The fourth-order valence-electron chi connectivity index (χ4n) is 0.947. The van der Waals surface area contributed by atoms with Gasteiger partial charge < -0.3 is 0 Å². The van der Waals surface area contributed by atoms with Gasteiger partial charge in [0.1, 0.15) is 5.69 Å². The third-order valence-electron chi connectivity index (χ3n) is 1.40. The van der Waals surface area contributed by atoms with Gasteiger partial charge in [-0.2, -0.15) is 5.10 Å². The fourth-order valence-corrected chi connectivity index (χ4v) is 0.947. The molecule has 1 aromatic heterocycles. The summed E-state index contributed by atoms with van der Waals surface area (Å²) >= 11 is 0. The van der Waals surface area contributed by atoms with Crippen LogP contribution in [0.4, 0.5) is 0 Å². The van der Waals surface area contributed by atoms with Crippen LogP contribution >= 0.6 is 0 Å². The van der Waals surface area contributed by atoms with Gasteiger partial charge in [0.05, 0.1) is 6.20 Å². The van der Waals surface area contributed by atoms with Crippen molar-refractivity contribution in [1.29, 1.82) is 0 Å². The van der Waals surface area contributed by atoms with Gasteiger partial charge in [0.2, 0.25) is 0 Å². The normalized spacial score (nSPS) is 10.0. The van der Waals surface area contributed by atoms with Crippen molar-refractivity contribution in [3.8, 4) is 12.3 Å². The number of aromatic nitrogens is 2. The van der Waals surface area contributed by atoms with Crippen molar-refractivity contribution in [1.82, 2.24) is 9.78 Å². The van der Waals surface area contributed by atoms with Crippen molar-refractivity contribution in [2.45, 2.75) is 20.4 Å². The lowest BCUT2D eigenvalue weighted by Crippen LogP contribution is -2.07. The van der Waals surface area contributed by atoms with Crippen molar-refractivity contribution in [3.05, 3.63) is 18.0 Å². The molecule has 1 heterocycles. The third kappa shape index (κ3) is 1.84. The van der Waals surface area contributed by atoms with Crippen LogP contribution in [0.5, 0.6) is 0 Å². The first-order chi connectivity index (χ1) is 5.24. The number of hydrogen-bond acceptors (Lipinski definition) is 1. The molecule has 2 nitrogen and oxygen atoms in total. The van der Waals surface area contributed by atoms with Crippen LogP contribution in [0.2, 0.25) is 0 Å². The topological polar surface area (TPSA) is 17.8 Å². The molecule has 0 aromatic carbocycles. The molecular formula is C9H12N2. The third-order valence-corrected chi connectivity index (χ3v) is 1.40. The molecule has 1 aromatic rings. The van der Waals surface area contributed by atoms with E-state index in [0.717, 1.165) is 12.2 Å². The van der Waals surface area contributed by atoms with Gasteiger partial charge >= 0.3 is 0 Å². The van der Waals surface area contributed by atoms with E-state index in [2.05, 4.69) is 24.9 Å². The number of nitrogens with zero attached hydrogens (tertiary/aromatic N) is 2. The first kappa shape index (κ1) is 7.87. The van der Waals surface area contributed by atoms with Crippen LogP contribution in [-0.4, -0.2) is 9.78 Å². The van der Waals surface area contributed by atoms with Gasteiger partial charge in [-0.3, -0.25) is 4.68 Å². The van der Waals surface area contributed by atoms with Gasteiger partial charge in [-0.1, -0.05) is 19.8 Å². The zero-order valence-electron chi connectivity index (χ0n) is 6.91. The molecule has 11 heavy (non-hydrogen) atoms. The highest BCUT2D eigenvalue weighted by Gasteiger charge is 2.00. The lowest BCUT2D eigenvalue weighted by atomic mass is 10.2. The molecule has 0 aliphatic rings. The molecule has 1 rings (SSSR count). The predicted molar refractivity (Wildman–Crippen MR) is 45.0 cm³/mol. The minimum atomic E-state index is 0.585. The summed E-state index contributed by atoms with van der Waals surface area (Å²) in [6, 6.07) is 1.85. The average Bonchev–Trinajstić information content (AvgIpc) is 2.34. The van der Waals surface area contributed by atoms with Crippen LogP contribution in [0.3, 0.4) is 0 Å². The lowest BCUT2D eigenvalue weighted by molar-refractivity contribution is 0.480. The summed E-state index contributed by atoms with van der Waals surface area (Å²) in [5, 5.41) is 4.10. The standard InChI is InChI=1S/C9H12N2/c1-4-9-5-6-10-11(9)7-8(2)3/h1,5-6,8H,7H2,2-3H3. The summed E-state index contributed by atoms with van der Waals surface area (Å²) in [7, 11) is 0. The molecule has 0 aliphatic carbocycles. The van der Waals surface area contributed by atoms with Crippen molar-refractivity contribution in [2.24, 2.45) is 5.92 Å². The molecule has 2 heteroatoms. The van der Waals surface area contributed by atoms with Crippen LogP contribution in [0.1, 0.15) is 19.5 Å². The Kier molecular flexibility index (Phi) is 2.32. The van der Waals surface area contributed by atoms with Crippen LogP contribution in [-0.2, 0) is 6.54 Å². The zero-order valence-corrected chi connectivity index (χ0v) is 6.91. The second kappa shape index (κ2) is 3.25. The highest BCUT2D eigenvalue weighted by Crippen LogP contribution is 2.01. The first-order valence-electron chi connectivity index (χ1n) is 3.72. The Labute approximate surface area is 67.2 Å². The Balaban J connectivity index is 2.79. The van der Waals surface area contributed by atoms with Gasteiger partial charge in [0, 0.05) is 6.54 Å². The van der Waals surface area contributed by atoms with E-state index in [4.69, 9.17) is 6.42 Å². The molecule has 0 atom stereocenters. The summed E-state index contributed by atoms with van der Waals surface area (Å²) in [4.78, 5) is 0. The van der Waals surface area contributed by atoms with Gasteiger partial charge in [0.15, 0.2) is 0 Å². The van der Waals surface area contributed by atoms with Crippen molar-refractivity contribution in [2.75, 3.05) is 0 Å². The maximum atomic E-state index is 5.26. The molecule has 0 saturated heterocycles. The van der Waals surface area contributed by atoms with Gasteiger partial charge in [-0.25, -0.2) is 0 Å². The predicted octanol–water partition coefficient (Wildman–Crippen LogP) is 1.52. The monoisotopic (exact) mass is 148 g/mol. The van der Waals surface area contributed by atoms with Crippen molar-refractivity contribution >= 4 is 0 Å². The summed E-state index contributed by atoms with van der Waals surface area (Å²) in [5.41, 5.74) is 0.860. The quantitative estimate of drug-likeness (QED) is 0.581. The van der Waals surface area contributed by atoms with Gasteiger partial charge in [0.25, 0.3) is 0 Å². The number of terminal acetylenes is 1. The summed E-state index contributed by atoms with van der Waals surface area (Å²) in [6.45, 7) is 5.18. The second-order valence-corrected chi connectivity index (χ2v) is 2.94. The molecule has 0 unspecified atom stereocenters. The first-order valence-corrected chi connectivity index (χ1v) is 3.72. The van der Waals surface area contributed by atoms with E-state index in [0.29, 0.717) is 5.92 Å². The maximum absolute atomic E-state index is 5.26. The molecule has 0 bridgehead atoms. The Hall–Kier alpha value is -1.23. The fraction of sp³-hybridized carbons (Fsp3) is 0.444. The van der Waals surface area contributed by atoms with E-state index in [9.17, 15) is 0 Å². The number of hydrogen-bond donors (Lipinski definition) is 0. The highest BCUT2D eigenvalue weighted by atomic mass is 15.3. The largest absolute Gasteiger partial charge is 0.257 e.